The van der Waals surface area contributed by atoms with Crippen LogP contribution in [0.4, 0.5) is 0 Å². The summed E-state index contributed by atoms with van der Waals surface area (Å²) >= 11 is 3.46. The Kier molecular flexibility index (Phi) is 4.16. The van der Waals surface area contributed by atoms with Gasteiger partial charge in [0.2, 0.25) is 5.91 Å². The summed E-state index contributed by atoms with van der Waals surface area (Å²) in [6.07, 6.45) is 4.64. The molecule has 1 aromatic carbocycles. The van der Waals surface area contributed by atoms with Gasteiger partial charge in [0.1, 0.15) is 0 Å². The minimum Gasteiger partial charge on any atom is -0.342 e. The van der Waals surface area contributed by atoms with Gasteiger partial charge in [0, 0.05) is 23.5 Å². The highest BCUT2D eigenvalue weighted by molar-refractivity contribution is 9.10. The van der Waals surface area contributed by atoms with Crippen LogP contribution in [-0.4, -0.2) is 23.9 Å². The molecule has 20 heavy (non-hydrogen) atoms. The Bertz CT molecular complexity index is 484. The first-order valence-corrected chi connectivity index (χ1v) is 8.48. The van der Waals surface area contributed by atoms with Crippen molar-refractivity contribution in [2.24, 2.45) is 11.8 Å². The molecule has 2 fully saturated rings. The number of rotatable bonds is 2. The van der Waals surface area contributed by atoms with Crippen LogP contribution >= 0.6 is 15.9 Å². The maximum atomic E-state index is 12.6. The van der Waals surface area contributed by atoms with Crippen LogP contribution in [0.1, 0.15) is 44.1 Å². The Morgan fingerprint density at radius 1 is 1.20 bits per heavy atom. The minimum absolute atomic E-state index is 0.240. The van der Waals surface area contributed by atoms with Gasteiger partial charge in [0.25, 0.3) is 0 Å². The number of benzene rings is 1. The first-order chi connectivity index (χ1) is 9.65. The van der Waals surface area contributed by atoms with E-state index < -0.39 is 0 Å². The van der Waals surface area contributed by atoms with E-state index in [-0.39, 0.29) is 5.92 Å². The van der Waals surface area contributed by atoms with E-state index in [0.717, 1.165) is 29.9 Å². The third kappa shape index (κ3) is 3.08. The summed E-state index contributed by atoms with van der Waals surface area (Å²) in [4.78, 5) is 14.7. The Labute approximate surface area is 129 Å². The molecule has 0 spiro atoms. The van der Waals surface area contributed by atoms with Crippen LogP contribution in [0.2, 0.25) is 0 Å². The third-order valence-electron chi connectivity index (χ3n) is 4.73. The summed E-state index contributed by atoms with van der Waals surface area (Å²) in [5, 5.41) is 0. The average Bonchev–Trinajstić information content (AvgIpc) is 3.23. The van der Waals surface area contributed by atoms with Crippen molar-refractivity contribution in [2.75, 3.05) is 13.1 Å². The molecule has 108 valence electrons. The maximum absolute atomic E-state index is 12.6. The molecule has 2 aliphatic rings. The number of hydrogen-bond donors (Lipinski definition) is 0. The number of carbonyl (C=O) groups excluding carboxylic acids is 1. The molecule has 1 aromatic rings. The molecule has 0 aromatic heterocycles. The molecule has 1 heterocycles. The molecule has 3 atom stereocenters. The number of nitrogens with zero attached hydrogens (tertiary/aromatic N) is 1. The normalized spacial score (nSPS) is 29.9. The van der Waals surface area contributed by atoms with Gasteiger partial charge in [-0.25, -0.2) is 0 Å². The second kappa shape index (κ2) is 5.88. The molecule has 1 saturated heterocycles. The molecule has 2 nitrogen and oxygen atoms in total. The van der Waals surface area contributed by atoms with Gasteiger partial charge in [-0.1, -0.05) is 35.0 Å². The largest absolute Gasteiger partial charge is 0.342 e. The quantitative estimate of drug-likeness (QED) is 0.793. The minimum atomic E-state index is 0.240. The number of halogens is 1. The molecule has 1 aliphatic carbocycles. The predicted octanol–water partition coefficient (Wildman–Crippen LogP) is 4.20. The second-order valence-corrected chi connectivity index (χ2v) is 7.28. The van der Waals surface area contributed by atoms with Crippen LogP contribution in [-0.2, 0) is 4.79 Å². The van der Waals surface area contributed by atoms with Crippen LogP contribution in [0.25, 0.3) is 0 Å². The molecule has 3 rings (SSSR count). The molecular formula is C17H22BrNO. The lowest BCUT2D eigenvalue weighted by Gasteiger charge is -2.20. The molecule has 1 saturated carbocycles. The van der Waals surface area contributed by atoms with Crippen molar-refractivity contribution in [1.82, 2.24) is 4.90 Å². The molecular weight excluding hydrogens is 314 g/mol. The van der Waals surface area contributed by atoms with Crippen LogP contribution in [0.3, 0.4) is 0 Å². The van der Waals surface area contributed by atoms with Crippen molar-refractivity contribution in [3.05, 3.63) is 34.3 Å². The molecule has 1 amide bonds. The summed E-state index contributed by atoms with van der Waals surface area (Å²) in [6, 6.07) is 8.44. The fourth-order valence-electron chi connectivity index (χ4n) is 3.26. The summed E-state index contributed by atoms with van der Waals surface area (Å²) in [5.41, 5.74) is 1.31. The van der Waals surface area contributed by atoms with Gasteiger partial charge in [-0.15, -0.1) is 0 Å². The first-order valence-electron chi connectivity index (χ1n) is 7.69. The van der Waals surface area contributed by atoms with Crippen molar-refractivity contribution < 1.29 is 4.79 Å². The highest BCUT2D eigenvalue weighted by atomic mass is 79.9. The zero-order valence-corrected chi connectivity index (χ0v) is 13.6. The smallest absolute Gasteiger partial charge is 0.226 e. The third-order valence-corrected chi connectivity index (χ3v) is 5.26. The van der Waals surface area contributed by atoms with E-state index >= 15 is 0 Å². The molecule has 3 unspecified atom stereocenters. The van der Waals surface area contributed by atoms with E-state index in [4.69, 9.17) is 0 Å². The number of carbonyl (C=O) groups is 1. The first kappa shape index (κ1) is 14.1. The van der Waals surface area contributed by atoms with Crippen molar-refractivity contribution in [2.45, 2.75) is 38.5 Å². The molecule has 1 aliphatic heterocycles. The lowest BCUT2D eigenvalue weighted by atomic mass is 10.0. The van der Waals surface area contributed by atoms with Gasteiger partial charge >= 0.3 is 0 Å². The predicted molar refractivity (Wildman–Crippen MR) is 84.6 cm³/mol. The van der Waals surface area contributed by atoms with E-state index in [1.165, 1.54) is 24.8 Å². The summed E-state index contributed by atoms with van der Waals surface area (Å²) in [7, 11) is 0. The second-order valence-electron chi connectivity index (χ2n) is 6.36. The fraction of sp³-hybridized carbons (Fsp3) is 0.588. The lowest BCUT2D eigenvalue weighted by Crippen LogP contribution is -2.33. The van der Waals surface area contributed by atoms with Crippen LogP contribution in [0, 0.1) is 11.8 Å². The van der Waals surface area contributed by atoms with Gasteiger partial charge in [-0.2, -0.15) is 0 Å². The maximum Gasteiger partial charge on any atom is 0.226 e. The molecule has 3 heteroatoms. The molecule has 0 bridgehead atoms. The molecule has 0 radical (unpaired) electrons. The van der Waals surface area contributed by atoms with Gasteiger partial charge < -0.3 is 4.90 Å². The highest BCUT2D eigenvalue weighted by Crippen LogP contribution is 2.48. The zero-order valence-electron chi connectivity index (χ0n) is 12.0. The Balaban J connectivity index is 1.60. The van der Waals surface area contributed by atoms with Gasteiger partial charge in [-0.05, 0) is 55.2 Å². The molecule has 0 N–H and O–H groups in total. The van der Waals surface area contributed by atoms with E-state index in [9.17, 15) is 4.79 Å². The van der Waals surface area contributed by atoms with Crippen molar-refractivity contribution in [3.8, 4) is 0 Å². The van der Waals surface area contributed by atoms with E-state index in [1.54, 1.807) is 0 Å². The van der Waals surface area contributed by atoms with Gasteiger partial charge in [-0.3, -0.25) is 4.79 Å². The van der Waals surface area contributed by atoms with Crippen molar-refractivity contribution >= 4 is 21.8 Å². The van der Waals surface area contributed by atoms with Crippen LogP contribution < -0.4 is 0 Å². The van der Waals surface area contributed by atoms with Gasteiger partial charge in [0.15, 0.2) is 0 Å². The van der Waals surface area contributed by atoms with E-state index in [1.807, 2.05) is 0 Å². The van der Waals surface area contributed by atoms with Crippen molar-refractivity contribution in [1.29, 1.82) is 0 Å². The van der Waals surface area contributed by atoms with Crippen LogP contribution in [0.5, 0.6) is 0 Å². The van der Waals surface area contributed by atoms with Gasteiger partial charge in [0.05, 0.1) is 0 Å². The zero-order chi connectivity index (χ0) is 14.1. The fourth-order valence-corrected chi connectivity index (χ4v) is 3.53. The SMILES string of the molecule is CC1CCCN(C(=O)C2CC2c2ccc(Br)cc2)CC1. The topological polar surface area (TPSA) is 20.3 Å². The summed E-state index contributed by atoms with van der Waals surface area (Å²) in [6.45, 7) is 4.23. The average molecular weight is 336 g/mol. The Hall–Kier alpha value is -0.830. The summed E-state index contributed by atoms with van der Waals surface area (Å²) < 4.78 is 1.10. The lowest BCUT2D eigenvalue weighted by molar-refractivity contribution is -0.132. The van der Waals surface area contributed by atoms with E-state index in [0.29, 0.717) is 11.8 Å². The highest BCUT2D eigenvalue weighted by Gasteiger charge is 2.45. The van der Waals surface area contributed by atoms with E-state index in [2.05, 4.69) is 52.0 Å². The van der Waals surface area contributed by atoms with Crippen LogP contribution in [0.15, 0.2) is 28.7 Å². The number of amides is 1. The monoisotopic (exact) mass is 335 g/mol. The van der Waals surface area contributed by atoms with Crippen molar-refractivity contribution in [3.63, 3.8) is 0 Å². The number of hydrogen-bond acceptors (Lipinski definition) is 1. The Morgan fingerprint density at radius 3 is 2.70 bits per heavy atom. The summed E-state index contributed by atoms with van der Waals surface area (Å²) in [5.74, 6) is 1.86. The number of likely N-dealkylation sites (tertiary alicyclic amines) is 1. The Morgan fingerprint density at radius 2 is 1.95 bits per heavy atom. The standard InChI is InChI=1S/C17H22BrNO/c1-12-3-2-9-19(10-8-12)17(20)16-11-15(16)13-4-6-14(18)7-5-13/h4-7,12,15-16H,2-3,8-11H2,1H3.